The lowest BCUT2D eigenvalue weighted by Gasteiger charge is -2.36. The molecule has 0 radical (unpaired) electrons. The van der Waals surface area contributed by atoms with Crippen molar-refractivity contribution in [2.75, 3.05) is 37.6 Å². The van der Waals surface area contributed by atoms with Gasteiger partial charge in [-0.05, 0) is 73.5 Å². The monoisotopic (exact) mass is 374 g/mol. The molecule has 1 aromatic heterocycles. The smallest absolute Gasteiger partial charge is 0.0656 e. The molecule has 4 heteroatoms. The van der Waals surface area contributed by atoms with Crippen LogP contribution in [0.4, 0.5) is 5.69 Å². The second-order valence-corrected chi connectivity index (χ2v) is 8.30. The van der Waals surface area contributed by atoms with Crippen LogP contribution in [0.5, 0.6) is 0 Å². The van der Waals surface area contributed by atoms with Crippen LogP contribution < -0.4 is 4.90 Å². The first-order valence-electron chi connectivity index (χ1n) is 10.9. The van der Waals surface area contributed by atoms with Crippen LogP contribution in [-0.4, -0.2) is 47.8 Å². The van der Waals surface area contributed by atoms with Gasteiger partial charge in [0, 0.05) is 37.6 Å². The molecule has 2 aliphatic rings. The molecule has 0 bridgehead atoms. The van der Waals surface area contributed by atoms with Crippen LogP contribution in [0.15, 0.2) is 42.5 Å². The fraction of sp³-hybridized carbons (Fsp3) is 0.458. The van der Waals surface area contributed by atoms with Crippen molar-refractivity contribution in [3.63, 3.8) is 0 Å². The van der Waals surface area contributed by atoms with Gasteiger partial charge in [-0.3, -0.25) is 10.00 Å². The van der Waals surface area contributed by atoms with Gasteiger partial charge in [0.05, 0.1) is 5.69 Å². The molecule has 4 nitrogen and oxygen atoms in total. The predicted molar refractivity (Wildman–Crippen MR) is 116 cm³/mol. The largest absolute Gasteiger partial charge is 0.369 e. The first kappa shape index (κ1) is 17.7. The Morgan fingerprint density at radius 1 is 0.893 bits per heavy atom. The van der Waals surface area contributed by atoms with Gasteiger partial charge >= 0.3 is 0 Å². The number of piperazine rings is 1. The van der Waals surface area contributed by atoms with Crippen LogP contribution in [0, 0.1) is 0 Å². The number of nitrogens with one attached hydrogen (secondary N) is 1. The number of H-pyrrole nitrogens is 1. The van der Waals surface area contributed by atoms with E-state index in [0.29, 0.717) is 0 Å². The SMILES string of the molecule is c1ccc2cc(N3CCN(CCCc4[nH]nc5c4CCCC5)CC3)ccc2c1. The van der Waals surface area contributed by atoms with Gasteiger partial charge in [0.1, 0.15) is 0 Å². The molecule has 1 aliphatic heterocycles. The second-order valence-electron chi connectivity index (χ2n) is 8.30. The number of benzene rings is 2. The molecule has 2 heterocycles. The Kier molecular flexibility index (Phi) is 5.05. The highest BCUT2D eigenvalue weighted by molar-refractivity contribution is 5.85. The summed E-state index contributed by atoms with van der Waals surface area (Å²) in [5.41, 5.74) is 5.64. The van der Waals surface area contributed by atoms with E-state index in [9.17, 15) is 0 Å². The van der Waals surface area contributed by atoms with Crippen molar-refractivity contribution < 1.29 is 0 Å². The Balaban J connectivity index is 1.12. The third kappa shape index (κ3) is 3.66. The van der Waals surface area contributed by atoms with Gasteiger partial charge in [-0.2, -0.15) is 5.10 Å². The number of nitrogens with zero attached hydrogens (tertiary/aromatic N) is 3. The van der Waals surface area contributed by atoms with Crippen molar-refractivity contribution in [3.05, 3.63) is 59.4 Å². The minimum absolute atomic E-state index is 1.12. The van der Waals surface area contributed by atoms with Gasteiger partial charge in [0.2, 0.25) is 0 Å². The maximum Gasteiger partial charge on any atom is 0.0656 e. The average Bonchev–Trinajstić information content (AvgIpc) is 3.17. The summed E-state index contributed by atoms with van der Waals surface area (Å²) in [6.45, 7) is 5.76. The molecule has 3 aromatic rings. The number of hydrogen-bond donors (Lipinski definition) is 1. The topological polar surface area (TPSA) is 35.2 Å². The number of aromatic amines is 1. The number of aromatic nitrogens is 2. The fourth-order valence-corrected chi connectivity index (χ4v) is 4.83. The van der Waals surface area contributed by atoms with Gasteiger partial charge in [0.25, 0.3) is 0 Å². The highest BCUT2D eigenvalue weighted by atomic mass is 15.3. The molecule has 1 fully saturated rings. The van der Waals surface area contributed by atoms with Crippen molar-refractivity contribution in [2.24, 2.45) is 0 Å². The van der Waals surface area contributed by atoms with E-state index < -0.39 is 0 Å². The molecule has 0 unspecified atom stereocenters. The van der Waals surface area contributed by atoms with E-state index in [4.69, 9.17) is 0 Å². The minimum Gasteiger partial charge on any atom is -0.369 e. The molecule has 5 rings (SSSR count). The molecule has 28 heavy (non-hydrogen) atoms. The average molecular weight is 375 g/mol. The predicted octanol–water partition coefficient (Wildman–Crippen LogP) is 4.20. The molecular weight excluding hydrogens is 344 g/mol. The summed E-state index contributed by atoms with van der Waals surface area (Å²) in [5.74, 6) is 0. The van der Waals surface area contributed by atoms with E-state index in [1.807, 2.05) is 0 Å². The third-order valence-electron chi connectivity index (χ3n) is 6.50. The van der Waals surface area contributed by atoms with E-state index in [2.05, 4.69) is 62.5 Å². The van der Waals surface area contributed by atoms with Crippen LogP contribution in [0.1, 0.15) is 36.2 Å². The summed E-state index contributed by atoms with van der Waals surface area (Å²) in [6, 6.07) is 15.5. The zero-order chi connectivity index (χ0) is 18.8. The van der Waals surface area contributed by atoms with E-state index in [1.54, 1.807) is 0 Å². The highest BCUT2D eigenvalue weighted by Gasteiger charge is 2.19. The summed E-state index contributed by atoms with van der Waals surface area (Å²) < 4.78 is 0. The van der Waals surface area contributed by atoms with Crippen molar-refractivity contribution >= 4 is 16.5 Å². The Morgan fingerprint density at radius 2 is 1.71 bits per heavy atom. The lowest BCUT2D eigenvalue weighted by Crippen LogP contribution is -2.46. The van der Waals surface area contributed by atoms with Crippen LogP contribution >= 0.6 is 0 Å². The first-order valence-corrected chi connectivity index (χ1v) is 10.9. The van der Waals surface area contributed by atoms with Gasteiger partial charge in [0.15, 0.2) is 0 Å². The van der Waals surface area contributed by atoms with Crippen LogP contribution in [-0.2, 0) is 19.3 Å². The Labute approximate surface area is 167 Å². The molecule has 0 saturated carbocycles. The Morgan fingerprint density at radius 3 is 2.61 bits per heavy atom. The first-order chi connectivity index (χ1) is 13.9. The Hall–Kier alpha value is -2.33. The third-order valence-corrected chi connectivity index (χ3v) is 6.50. The summed E-state index contributed by atoms with van der Waals surface area (Å²) in [6.07, 6.45) is 7.40. The van der Waals surface area contributed by atoms with Gasteiger partial charge in [-0.15, -0.1) is 0 Å². The number of hydrogen-bond acceptors (Lipinski definition) is 3. The van der Waals surface area contributed by atoms with Gasteiger partial charge < -0.3 is 4.90 Å². The molecular formula is C24H30N4. The van der Waals surface area contributed by atoms with Crippen molar-refractivity contribution in [3.8, 4) is 0 Å². The molecule has 146 valence electrons. The van der Waals surface area contributed by atoms with Gasteiger partial charge in [-0.1, -0.05) is 30.3 Å². The number of rotatable bonds is 5. The zero-order valence-electron chi connectivity index (χ0n) is 16.7. The van der Waals surface area contributed by atoms with E-state index in [1.165, 1.54) is 72.1 Å². The maximum absolute atomic E-state index is 4.54. The number of anilines is 1. The summed E-state index contributed by atoms with van der Waals surface area (Å²) in [7, 11) is 0. The molecule has 1 N–H and O–H groups in total. The standard InChI is InChI=1S/C24H30N4/c1-2-7-20-18-21(12-11-19(20)6-1)28-16-14-27(15-17-28)13-5-10-24-22-8-3-4-9-23(22)25-26-24/h1-2,6-7,11-12,18H,3-5,8-10,13-17H2,(H,25,26). The Bertz CT molecular complexity index is 937. The second kappa shape index (κ2) is 7.96. The van der Waals surface area contributed by atoms with Crippen LogP contribution in [0.25, 0.3) is 10.8 Å². The van der Waals surface area contributed by atoms with E-state index in [-0.39, 0.29) is 0 Å². The van der Waals surface area contributed by atoms with Gasteiger partial charge in [-0.25, -0.2) is 0 Å². The molecule has 1 aliphatic carbocycles. The number of fused-ring (bicyclic) bond motifs is 2. The normalized spacial score (nSPS) is 17.8. The summed E-state index contributed by atoms with van der Waals surface area (Å²) in [5, 5.41) is 10.5. The van der Waals surface area contributed by atoms with Crippen molar-refractivity contribution in [1.82, 2.24) is 15.1 Å². The lowest BCUT2D eigenvalue weighted by atomic mass is 9.94. The highest BCUT2D eigenvalue weighted by Crippen LogP contribution is 2.24. The molecule has 0 amide bonds. The molecule has 0 atom stereocenters. The summed E-state index contributed by atoms with van der Waals surface area (Å²) in [4.78, 5) is 5.16. The number of aryl methyl sites for hydroxylation is 2. The maximum atomic E-state index is 4.54. The fourth-order valence-electron chi connectivity index (χ4n) is 4.83. The van der Waals surface area contributed by atoms with Crippen LogP contribution in [0.2, 0.25) is 0 Å². The van der Waals surface area contributed by atoms with E-state index >= 15 is 0 Å². The molecule has 2 aromatic carbocycles. The van der Waals surface area contributed by atoms with Crippen LogP contribution in [0.3, 0.4) is 0 Å². The van der Waals surface area contributed by atoms with Crippen molar-refractivity contribution in [1.29, 1.82) is 0 Å². The molecule has 1 saturated heterocycles. The summed E-state index contributed by atoms with van der Waals surface area (Å²) >= 11 is 0. The minimum atomic E-state index is 1.12. The van der Waals surface area contributed by atoms with E-state index in [0.717, 1.165) is 32.6 Å². The quantitative estimate of drug-likeness (QED) is 0.727. The van der Waals surface area contributed by atoms with Crippen molar-refractivity contribution in [2.45, 2.75) is 38.5 Å². The zero-order valence-corrected chi connectivity index (χ0v) is 16.7. The molecule has 0 spiro atoms. The lowest BCUT2D eigenvalue weighted by molar-refractivity contribution is 0.255.